The summed E-state index contributed by atoms with van der Waals surface area (Å²) in [5.41, 5.74) is 0.381. The van der Waals surface area contributed by atoms with Crippen LogP contribution >= 0.6 is 11.8 Å². The first kappa shape index (κ1) is 21.5. The second-order valence-corrected chi connectivity index (χ2v) is 8.73. The van der Waals surface area contributed by atoms with Crippen LogP contribution in [0.5, 0.6) is 0 Å². The molecule has 2 N–H and O–H groups in total. The first-order chi connectivity index (χ1) is 11.6. The van der Waals surface area contributed by atoms with Gasteiger partial charge in [-0.15, -0.1) is 0 Å². The van der Waals surface area contributed by atoms with Gasteiger partial charge in [-0.25, -0.2) is 9.00 Å². The molecule has 8 heteroatoms. The van der Waals surface area contributed by atoms with Gasteiger partial charge in [0.2, 0.25) is 0 Å². The van der Waals surface area contributed by atoms with Crippen LogP contribution in [0.25, 0.3) is 0 Å². The van der Waals surface area contributed by atoms with Crippen LogP contribution in [-0.2, 0) is 20.5 Å². The number of alkyl carbamates (subject to hydrolysis) is 1. The molecule has 1 aromatic rings. The molecule has 2 amide bonds. The van der Waals surface area contributed by atoms with Gasteiger partial charge >= 0.3 is 6.09 Å². The van der Waals surface area contributed by atoms with Gasteiger partial charge in [0.1, 0.15) is 11.6 Å². The number of nitrogens with one attached hydrogen (secondary N) is 2. The normalized spacial score (nSPS) is 13.6. The molecular weight excluding hydrogens is 360 g/mol. The van der Waals surface area contributed by atoms with Gasteiger partial charge in [-0.3, -0.25) is 9.52 Å². The maximum absolute atomic E-state index is 12.4. The van der Waals surface area contributed by atoms with E-state index in [0.717, 1.165) is 5.56 Å². The van der Waals surface area contributed by atoms with Crippen LogP contribution in [0.15, 0.2) is 29.2 Å². The predicted octanol–water partition coefficient (Wildman–Crippen LogP) is 2.78. The fourth-order valence-corrected chi connectivity index (χ4v) is 3.14. The standard InChI is InChI=1S/C17H26N2O4S2/c1-12-6-8-13(9-7-12)25(22)19-15(20)14(10-11-24-5)18-16(21)23-17(2,3)4/h6-9,14H,10-11H2,1-5H3,(H,18,21)(H,19,20)/t14-,25?/m0/s1. The Morgan fingerprint density at radius 1 is 1.24 bits per heavy atom. The van der Waals surface area contributed by atoms with E-state index in [1.54, 1.807) is 44.7 Å². The van der Waals surface area contributed by atoms with E-state index in [1.165, 1.54) is 0 Å². The number of rotatable bonds is 7. The highest BCUT2D eigenvalue weighted by atomic mass is 32.2. The van der Waals surface area contributed by atoms with Crippen LogP contribution in [0, 0.1) is 6.92 Å². The van der Waals surface area contributed by atoms with Crippen LogP contribution in [0.4, 0.5) is 4.79 Å². The molecule has 0 bridgehead atoms. The summed E-state index contributed by atoms with van der Waals surface area (Å²) in [4.78, 5) is 24.9. The Morgan fingerprint density at radius 2 is 1.84 bits per heavy atom. The molecule has 0 spiro atoms. The third-order valence-electron chi connectivity index (χ3n) is 3.05. The fourth-order valence-electron chi connectivity index (χ4n) is 1.84. The van der Waals surface area contributed by atoms with Crippen molar-refractivity contribution in [3.8, 4) is 0 Å². The van der Waals surface area contributed by atoms with Crippen molar-refractivity contribution < 1.29 is 18.5 Å². The zero-order valence-electron chi connectivity index (χ0n) is 15.3. The highest BCUT2D eigenvalue weighted by Gasteiger charge is 2.25. The summed E-state index contributed by atoms with van der Waals surface area (Å²) in [5, 5.41) is 2.55. The molecule has 140 valence electrons. The van der Waals surface area contributed by atoms with E-state index < -0.39 is 34.6 Å². The zero-order chi connectivity index (χ0) is 19.0. The summed E-state index contributed by atoms with van der Waals surface area (Å²) in [6.45, 7) is 7.16. The van der Waals surface area contributed by atoms with Crippen LogP contribution < -0.4 is 10.0 Å². The third-order valence-corrected chi connectivity index (χ3v) is 4.78. The van der Waals surface area contributed by atoms with Gasteiger partial charge in [-0.1, -0.05) is 17.7 Å². The lowest BCUT2D eigenvalue weighted by Gasteiger charge is -2.23. The molecule has 1 aromatic carbocycles. The molecule has 25 heavy (non-hydrogen) atoms. The number of thioether (sulfide) groups is 1. The number of ether oxygens (including phenoxy) is 1. The Hall–Kier alpha value is -1.54. The summed E-state index contributed by atoms with van der Waals surface area (Å²) < 4.78 is 19.9. The Kier molecular flexibility index (Phi) is 8.44. The Labute approximate surface area is 156 Å². The van der Waals surface area contributed by atoms with E-state index in [-0.39, 0.29) is 0 Å². The Morgan fingerprint density at radius 3 is 2.36 bits per heavy atom. The zero-order valence-corrected chi connectivity index (χ0v) is 16.9. The molecule has 0 aliphatic heterocycles. The van der Waals surface area contributed by atoms with Gasteiger partial charge < -0.3 is 10.1 Å². The minimum absolute atomic E-state index is 0.414. The molecule has 1 unspecified atom stereocenters. The van der Waals surface area contributed by atoms with Gasteiger partial charge in [0, 0.05) is 0 Å². The second kappa shape index (κ2) is 9.82. The maximum atomic E-state index is 12.4. The molecule has 0 radical (unpaired) electrons. The summed E-state index contributed by atoms with van der Waals surface area (Å²) in [6, 6.07) is 6.23. The Bertz CT molecular complexity index is 612. The fraction of sp³-hybridized carbons (Fsp3) is 0.529. The minimum atomic E-state index is -1.68. The third kappa shape index (κ3) is 8.40. The van der Waals surface area contributed by atoms with E-state index in [4.69, 9.17) is 4.74 Å². The first-order valence-electron chi connectivity index (χ1n) is 7.90. The van der Waals surface area contributed by atoms with Crippen molar-refractivity contribution in [2.75, 3.05) is 12.0 Å². The molecule has 0 heterocycles. The largest absolute Gasteiger partial charge is 0.444 e. The lowest BCUT2D eigenvalue weighted by Crippen LogP contribution is -2.48. The second-order valence-electron chi connectivity index (χ2n) is 6.53. The monoisotopic (exact) mass is 386 g/mol. The maximum Gasteiger partial charge on any atom is 0.408 e. The number of amides is 2. The van der Waals surface area contributed by atoms with Crippen LogP contribution in [0.1, 0.15) is 32.8 Å². The van der Waals surface area contributed by atoms with Crippen LogP contribution in [0.3, 0.4) is 0 Å². The first-order valence-corrected chi connectivity index (χ1v) is 10.4. The number of carbonyl (C=O) groups excluding carboxylic acids is 2. The minimum Gasteiger partial charge on any atom is -0.444 e. The highest BCUT2D eigenvalue weighted by Crippen LogP contribution is 2.10. The molecular formula is C17H26N2O4S2. The van der Waals surface area contributed by atoms with Crippen LogP contribution in [-0.4, -0.2) is 39.9 Å². The average Bonchev–Trinajstić information content (AvgIpc) is 2.50. The predicted molar refractivity (Wildman–Crippen MR) is 102 cm³/mol. The molecule has 0 fully saturated rings. The molecule has 0 saturated heterocycles. The average molecular weight is 387 g/mol. The molecule has 0 aliphatic carbocycles. The summed E-state index contributed by atoms with van der Waals surface area (Å²) in [5.74, 6) is 0.171. The van der Waals surface area contributed by atoms with E-state index >= 15 is 0 Å². The van der Waals surface area contributed by atoms with Crippen molar-refractivity contribution in [2.45, 2.75) is 50.7 Å². The Balaban J connectivity index is 2.73. The number of hydrogen-bond acceptors (Lipinski definition) is 5. The molecule has 2 atom stereocenters. The topological polar surface area (TPSA) is 84.5 Å². The summed E-state index contributed by atoms with van der Waals surface area (Å²) >= 11 is 1.56. The van der Waals surface area contributed by atoms with Crippen molar-refractivity contribution in [1.29, 1.82) is 0 Å². The van der Waals surface area contributed by atoms with Gasteiger partial charge in [-0.2, -0.15) is 11.8 Å². The highest BCUT2D eigenvalue weighted by molar-refractivity contribution is 7.98. The van der Waals surface area contributed by atoms with E-state index in [1.807, 2.05) is 25.3 Å². The van der Waals surface area contributed by atoms with Crippen molar-refractivity contribution >= 4 is 34.7 Å². The van der Waals surface area contributed by atoms with Crippen molar-refractivity contribution in [2.24, 2.45) is 0 Å². The summed E-state index contributed by atoms with van der Waals surface area (Å²) in [6.07, 6.45) is 1.65. The van der Waals surface area contributed by atoms with E-state index in [0.29, 0.717) is 17.1 Å². The van der Waals surface area contributed by atoms with E-state index in [9.17, 15) is 13.8 Å². The van der Waals surface area contributed by atoms with Gasteiger partial charge in [0.15, 0.2) is 11.0 Å². The lowest BCUT2D eigenvalue weighted by atomic mass is 10.2. The smallest absolute Gasteiger partial charge is 0.408 e. The number of hydrogen-bond donors (Lipinski definition) is 2. The number of carbonyl (C=O) groups is 2. The summed E-state index contributed by atoms with van der Waals surface area (Å²) in [7, 11) is -1.68. The van der Waals surface area contributed by atoms with Gasteiger partial charge in [0.25, 0.3) is 5.91 Å². The number of benzene rings is 1. The van der Waals surface area contributed by atoms with Gasteiger partial charge in [-0.05, 0) is 58.3 Å². The molecule has 0 aliphatic rings. The van der Waals surface area contributed by atoms with Crippen molar-refractivity contribution in [1.82, 2.24) is 10.0 Å². The number of aryl methyl sites for hydroxylation is 1. The molecule has 6 nitrogen and oxygen atoms in total. The molecule has 1 rings (SSSR count). The quantitative estimate of drug-likeness (QED) is 0.753. The SMILES string of the molecule is CSCC[C@H](NC(=O)OC(C)(C)C)C(=O)NS(=O)c1ccc(C)cc1. The molecule has 0 aromatic heterocycles. The lowest BCUT2D eigenvalue weighted by molar-refractivity contribution is -0.121. The molecule has 0 saturated carbocycles. The van der Waals surface area contributed by atoms with Crippen molar-refractivity contribution in [3.63, 3.8) is 0 Å². The van der Waals surface area contributed by atoms with Crippen LogP contribution in [0.2, 0.25) is 0 Å². The van der Waals surface area contributed by atoms with Gasteiger partial charge in [0.05, 0.1) is 4.90 Å². The van der Waals surface area contributed by atoms with Crippen molar-refractivity contribution in [3.05, 3.63) is 29.8 Å². The van der Waals surface area contributed by atoms with E-state index in [2.05, 4.69) is 10.0 Å².